The number of carbonyl (C=O) groups excluding carboxylic acids is 1. The molecule has 0 aliphatic carbocycles. The fraction of sp³-hybridized carbons (Fsp3) is 0.304. The van der Waals surface area contributed by atoms with Gasteiger partial charge in [-0.25, -0.2) is 0 Å². The minimum atomic E-state index is -0.120. The van der Waals surface area contributed by atoms with E-state index in [4.69, 9.17) is 26.4 Å². The average molecular weight is 453 g/mol. The molecule has 5 rings (SSSR count). The van der Waals surface area contributed by atoms with Crippen LogP contribution in [0.4, 0.5) is 5.69 Å². The van der Waals surface area contributed by atoms with E-state index in [-0.39, 0.29) is 12.7 Å². The Morgan fingerprint density at radius 2 is 1.81 bits per heavy atom. The molecule has 2 saturated heterocycles. The zero-order valence-corrected chi connectivity index (χ0v) is 18.6. The van der Waals surface area contributed by atoms with Gasteiger partial charge in [-0.3, -0.25) is 14.6 Å². The third-order valence-corrected chi connectivity index (χ3v) is 6.14. The number of methoxy groups -OCH3 is 1. The van der Waals surface area contributed by atoms with Crippen LogP contribution in [0.15, 0.2) is 48.2 Å². The summed E-state index contributed by atoms with van der Waals surface area (Å²) in [5.41, 5.74) is 2.49. The van der Waals surface area contributed by atoms with E-state index in [1.165, 1.54) is 5.69 Å². The van der Waals surface area contributed by atoms with E-state index < -0.39 is 0 Å². The maximum Gasteiger partial charge on any atom is 0.277 e. The molecular formula is C23H24N4O4S. The van der Waals surface area contributed by atoms with Gasteiger partial charge in [-0.05, 0) is 60.3 Å². The van der Waals surface area contributed by atoms with Crippen LogP contribution in [-0.2, 0) is 4.79 Å². The monoisotopic (exact) mass is 452 g/mol. The largest absolute Gasteiger partial charge is 0.497 e. The van der Waals surface area contributed by atoms with Gasteiger partial charge in [-0.1, -0.05) is 6.07 Å². The summed E-state index contributed by atoms with van der Waals surface area (Å²) >= 11 is 5.44. The topological polar surface area (TPSA) is 66.5 Å². The van der Waals surface area contributed by atoms with Crippen molar-refractivity contribution in [2.24, 2.45) is 0 Å². The Labute approximate surface area is 191 Å². The Balaban J connectivity index is 1.20. The van der Waals surface area contributed by atoms with Crippen molar-refractivity contribution in [3.63, 3.8) is 0 Å². The lowest BCUT2D eigenvalue weighted by molar-refractivity contribution is -0.123. The van der Waals surface area contributed by atoms with Gasteiger partial charge in [-0.15, -0.1) is 0 Å². The van der Waals surface area contributed by atoms with Crippen LogP contribution in [-0.4, -0.2) is 67.6 Å². The van der Waals surface area contributed by atoms with E-state index >= 15 is 0 Å². The number of benzene rings is 2. The Bertz CT molecular complexity index is 1060. The number of amides is 1. The third-order valence-electron chi connectivity index (χ3n) is 5.82. The molecule has 0 aromatic heterocycles. The molecule has 9 heteroatoms. The van der Waals surface area contributed by atoms with E-state index in [0.29, 0.717) is 29.0 Å². The SMILES string of the molecule is COc1ccc(N2CCN(CN3C(=O)C(=Cc4ccc5c(c4)OCO5)NC3=S)CC2)cc1. The molecule has 1 amide bonds. The van der Waals surface area contributed by atoms with Crippen molar-refractivity contribution in [3.05, 3.63) is 53.7 Å². The number of nitrogens with zero attached hydrogens (tertiary/aromatic N) is 3. The Morgan fingerprint density at radius 3 is 2.56 bits per heavy atom. The van der Waals surface area contributed by atoms with Crippen molar-refractivity contribution >= 4 is 35.0 Å². The van der Waals surface area contributed by atoms with Gasteiger partial charge in [0.05, 0.1) is 13.8 Å². The molecule has 2 aromatic carbocycles. The first-order valence-corrected chi connectivity index (χ1v) is 10.9. The average Bonchev–Trinajstić information content (AvgIpc) is 3.39. The molecule has 0 radical (unpaired) electrons. The fourth-order valence-electron chi connectivity index (χ4n) is 4.01. The fourth-order valence-corrected chi connectivity index (χ4v) is 4.26. The smallest absolute Gasteiger partial charge is 0.277 e. The van der Waals surface area contributed by atoms with Gasteiger partial charge < -0.3 is 24.4 Å². The minimum absolute atomic E-state index is 0.120. The molecule has 1 N–H and O–H groups in total. The summed E-state index contributed by atoms with van der Waals surface area (Å²) in [4.78, 5) is 19.2. The number of hydrogen-bond donors (Lipinski definition) is 1. The molecule has 2 aromatic rings. The lowest BCUT2D eigenvalue weighted by atomic mass is 10.1. The van der Waals surface area contributed by atoms with Crippen LogP contribution in [0.2, 0.25) is 0 Å². The highest BCUT2D eigenvalue weighted by Gasteiger charge is 2.32. The number of anilines is 1. The molecule has 2 fully saturated rings. The highest BCUT2D eigenvalue weighted by Crippen LogP contribution is 2.33. The number of nitrogens with one attached hydrogen (secondary N) is 1. The number of thiocarbonyl (C=S) groups is 1. The highest BCUT2D eigenvalue weighted by molar-refractivity contribution is 7.80. The molecule has 0 atom stereocenters. The Hall–Kier alpha value is -3.30. The molecule has 166 valence electrons. The Kier molecular flexibility index (Phi) is 5.59. The van der Waals surface area contributed by atoms with Crippen molar-refractivity contribution < 1.29 is 19.0 Å². The van der Waals surface area contributed by atoms with Crippen molar-refractivity contribution in [1.82, 2.24) is 15.1 Å². The molecule has 3 aliphatic rings. The van der Waals surface area contributed by atoms with Gasteiger partial charge in [0.1, 0.15) is 11.4 Å². The molecule has 3 aliphatic heterocycles. The summed E-state index contributed by atoms with van der Waals surface area (Å²) in [5.74, 6) is 2.12. The summed E-state index contributed by atoms with van der Waals surface area (Å²) in [6.07, 6.45) is 1.79. The lowest BCUT2D eigenvalue weighted by Gasteiger charge is -2.37. The number of hydrogen-bond acceptors (Lipinski definition) is 7. The minimum Gasteiger partial charge on any atom is -0.497 e. The summed E-state index contributed by atoms with van der Waals surface area (Å²) in [6.45, 7) is 4.15. The zero-order valence-electron chi connectivity index (χ0n) is 17.7. The first-order valence-electron chi connectivity index (χ1n) is 10.5. The molecule has 0 saturated carbocycles. The molecule has 32 heavy (non-hydrogen) atoms. The second-order valence-electron chi connectivity index (χ2n) is 7.78. The van der Waals surface area contributed by atoms with Crippen LogP contribution in [0.1, 0.15) is 5.56 Å². The van der Waals surface area contributed by atoms with Crippen molar-refractivity contribution in [2.75, 3.05) is 51.7 Å². The number of piperazine rings is 1. The quantitative estimate of drug-likeness (QED) is 0.548. The highest BCUT2D eigenvalue weighted by atomic mass is 32.1. The molecule has 0 spiro atoms. The van der Waals surface area contributed by atoms with Crippen molar-refractivity contribution in [1.29, 1.82) is 0 Å². The van der Waals surface area contributed by atoms with Gasteiger partial charge in [0, 0.05) is 31.9 Å². The summed E-state index contributed by atoms with van der Waals surface area (Å²) in [5, 5.41) is 3.48. The van der Waals surface area contributed by atoms with Gasteiger partial charge in [-0.2, -0.15) is 0 Å². The van der Waals surface area contributed by atoms with Gasteiger partial charge in [0.2, 0.25) is 6.79 Å². The number of carbonyl (C=O) groups is 1. The van der Waals surface area contributed by atoms with Gasteiger partial charge >= 0.3 is 0 Å². The maximum atomic E-state index is 13.0. The van der Waals surface area contributed by atoms with Gasteiger partial charge in [0.25, 0.3) is 5.91 Å². The number of fused-ring (bicyclic) bond motifs is 1. The van der Waals surface area contributed by atoms with Gasteiger partial charge in [0.15, 0.2) is 16.6 Å². The van der Waals surface area contributed by atoms with Crippen LogP contribution < -0.4 is 24.4 Å². The Morgan fingerprint density at radius 1 is 1.06 bits per heavy atom. The second kappa shape index (κ2) is 8.68. The van der Waals surface area contributed by atoms with Crippen LogP contribution in [0.5, 0.6) is 17.2 Å². The molecular weight excluding hydrogens is 428 g/mol. The predicted octanol–water partition coefficient (Wildman–Crippen LogP) is 2.26. The lowest BCUT2D eigenvalue weighted by Crippen LogP contribution is -2.51. The molecule has 8 nitrogen and oxygen atoms in total. The molecule has 0 unspecified atom stereocenters. The van der Waals surface area contributed by atoms with Crippen LogP contribution in [0.3, 0.4) is 0 Å². The standard InChI is InChI=1S/C23H24N4O4S/c1-29-18-5-3-17(4-6-18)26-10-8-25(9-11-26)14-27-22(28)19(24-23(27)32)12-16-2-7-20-21(13-16)31-15-30-20/h2-7,12-13H,8-11,14-15H2,1H3,(H,24,32). The third kappa shape index (κ3) is 4.09. The van der Waals surface area contributed by atoms with Crippen molar-refractivity contribution in [3.8, 4) is 17.2 Å². The van der Waals surface area contributed by atoms with Crippen LogP contribution in [0, 0.1) is 0 Å². The first kappa shape index (κ1) is 20.6. The van der Waals surface area contributed by atoms with E-state index in [1.807, 2.05) is 30.3 Å². The van der Waals surface area contributed by atoms with Crippen molar-refractivity contribution in [2.45, 2.75) is 0 Å². The number of ether oxygens (including phenoxy) is 3. The summed E-state index contributed by atoms with van der Waals surface area (Å²) in [7, 11) is 1.67. The summed E-state index contributed by atoms with van der Waals surface area (Å²) in [6, 6.07) is 13.7. The van der Waals surface area contributed by atoms with E-state index in [1.54, 1.807) is 18.1 Å². The normalized spacial score (nSPS) is 19.6. The van der Waals surface area contributed by atoms with E-state index in [0.717, 1.165) is 37.5 Å². The molecule has 3 heterocycles. The predicted molar refractivity (Wildman–Crippen MR) is 125 cm³/mol. The van der Waals surface area contributed by atoms with E-state index in [9.17, 15) is 4.79 Å². The number of rotatable bonds is 5. The zero-order chi connectivity index (χ0) is 22.1. The van der Waals surface area contributed by atoms with Crippen LogP contribution >= 0.6 is 12.2 Å². The maximum absolute atomic E-state index is 13.0. The first-order chi connectivity index (χ1) is 15.6. The molecule has 0 bridgehead atoms. The van der Waals surface area contributed by atoms with E-state index in [2.05, 4.69) is 27.2 Å². The van der Waals surface area contributed by atoms with Crippen LogP contribution in [0.25, 0.3) is 6.08 Å². The second-order valence-corrected chi connectivity index (χ2v) is 8.17. The summed E-state index contributed by atoms with van der Waals surface area (Å²) < 4.78 is 16.0.